The normalized spacial score (nSPS) is 30.3. The molecular weight excluding hydrogens is 406 g/mol. The Morgan fingerprint density at radius 1 is 1.17 bits per heavy atom. The fraction of sp³-hybridized carbons (Fsp3) is 0.619. The van der Waals surface area contributed by atoms with E-state index in [-0.39, 0.29) is 29.1 Å². The summed E-state index contributed by atoms with van der Waals surface area (Å²) in [7, 11) is -3.80. The van der Waals surface area contributed by atoms with Crippen LogP contribution in [0.1, 0.15) is 32.1 Å². The molecule has 3 aliphatic rings. The topological polar surface area (TPSA) is 104 Å². The molecule has 0 bridgehead atoms. The standard InChI is InChI=1S/C21H29N3O5S/c25-14-2-1-7-20-19-6-4-13-22-12-3-5-16(21(19)22)15-23(20)30(28,29)18-10-8-17(9-11-18)24(26)27/h1,7-11,16,19-21,25H,2-6,12-15H2/b7-1-/t16-,19+,20+,21-/m0/s1. The fourth-order valence-corrected chi connectivity index (χ4v) is 7.26. The van der Waals surface area contributed by atoms with Crippen molar-refractivity contribution in [3.63, 3.8) is 0 Å². The van der Waals surface area contributed by atoms with Gasteiger partial charge in [-0.05, 0) is 69.2 Å². The van der Waals surface area contributed by atoms with E-state index in [4.69, 9.17) is 0 Å². The first kappa shape index (κ1) is 21.4. The average Bonchev–Trinajstić information content (AvgIpc) is 2.75. The Bertz CT molecular complexity index is 900. The highest BCUT2D eigenvalue weighted by molar-refractivity contribution is 7.89. The molecule has 0 amide bonds. The van der Waals surface area contributed by atoms with E-state index in [9.17, 15) is 23.6 Å². The van der Waals surface area contributed by atoms with Crippen LogP contribution in [0.3, 0.4) is 0 Å². The Morgan fingerprint density at radius 2 is 1.87 bits per heavy atom. The number of hydrogen-bond donors (Lipinski definition) is 1. The minimum Gasteiger partial charge on any atom is -0.396 e. The van der Waals surface area contributed by atoms with Crippen LogP contribution in [0.15, 0.2) is 41.3 Å². The Labute approximate surface area is 177 Å². The lowest BCUT2D eigenvalue weighted by Crippen LogP contribution is -2.65. The molecule has 4 rings (SSSR count). The number of benzene rings is 1. The van der Waals surface area contributed by atoms with Crippen LogP contribution in [0.4, 0.5) is 5.69 Å². The van der Waals surface area contributed by atoms with E-state index in [1.807, 2.05) is 12.2 Å². The molecule has 1 aromatic carbocycles. The highest BCUT2D eigenvalue weighted by atomic mass is 32.2. The van der Waals surface area contributed by atoms with Crippen molar-refractivity contribution in [2.75, 3.05) is 26.2 Å². The van der Waals surface area contributed by atoms with Crippen LogP contribution in [-0.4, -0.2) is 66.0 Å². The fourth-order valence-electron chi connectivity index (χ4n) is 5.58. The van der Waals surface area contributed by atoms with Gasteiger partial charge in [-0.25, -0.2) is 8.42 Å². The zero-order chi connectivity index (χ0) is 21.3. The summed E-state index contributed by atoms with van der Waals surface area (Å²) in [6.45, 7) is 2.66. The molecule has 0 spiro atoms. The molecule has 3 aliphatic heterocycles. The molecule has 3 fully saturated rings. The van der Waals surface area contributed by atoms with Crippen LogP contribution in [0.5, 0.6) is 0 Å². The number of aliphatic hydroxyl groups excluding tert-OH is 1. The zero-order valence-electron chi connectivity index (χ0n) is 17.0. The molecule has 0 radical (unpaired) electrons. The van der Waals surface area contributed by atoms with Crippen LogP contribution < -0.4 is 0 Å². The van der Waals surface area contributed by atoms with E-state index in [2.05, 4.69) is 4.90 Å². The van der Waals surface area contributed by atoms with Crippen LogP contribution in [0.25, 0.3) is 0 Å². The van der Waals surface area contributed by atoms with Crippen molar-refractivity contribution in [2.45, 2.75) is 49.1 Å². The maximum atomic E-state index is 13.6. The van der Waals surface area contributed by atoms with Crippen LogP contribution in [0, 0.1) is 22.0 Å². The first-order chi connectivity index (χ1) is 14.4. The second kappa shape index (κ2) is 8.74. The van der Waals surface area contributed by atoms with Crippen molar-refractivity contribution >= 4 is 15.7 Å². The van der Waals surface area contributed by atoms with Gasteiger partial charge in [-0.1, -0.05) is 12.2 Å². The Hall–Kier alpha value is -1.81. The molecule has 3 heterocycles. The van der Waals surface area contributed by atoms with Gasteiger partial charge < -0.3 is 5.11 Å². The van der Waals surface area contributed by atoms with Gasteiger partial charge in [0.2, 0.25) is 10.0 Å². The van der Waals surface area contributed by atoms with Crippen LogP contribution >= 0.6 is 0 Å². The highest BCUT2D eigenvalue weighted by Crippen LogP contribution is 2.44. The molecular formula is C21H29N3O5S. The minimum absolute atomic E-state index is 0.0289. The maximum Gasteiger partial charge on any atom is 0.269 e. The molecule has 0 aromatic heterocycles. The molecule has 1 N–H and O–H groups in total. The number of nitro benzene ring substituents is 1. The number of aliphatic hydroxyl groups is 1. The number of nitrogens with zero attached hydrogens (tertiary/aromatic N) is 3. The second-order valence-corrected chi connectivity index (χ2v) is 10.4. The molecule has 0 aliphatic carbocycles. The predicted octanol–water partition coefficient (Wildman–Crippen LogP) is 2.40. The van der Waals surface area contributed by atoms with Gasteiger partial charge in [0.25, 0.3) is 5.69 Å². The molecule has 4 atom stereocenters. The van der Waals surface area contributed by atoms with E-state index in [1.165, 1.54) is 24.3 Å². The predicted molar refractivity (Wildman–Crippen MR) is 112 cm³/mol. The zero-order valence-corrected chi connectivity index (χ0v) is 17.8. The lowest BCUT2D eigenvalue weighted by atomic mass is 9.70. The summed E-state index contributed by atoms with van der Waals surface area (Å²) in [6.07, 6.45) is 8.48. The van der Waals surface area contributed by atoms with Crippen molar-refractivity contribution < 1.29 is 18.4 Å². The van der Waals surface area contributed by atoms with E-state index in [0.29, 0.717) is 24.9 Å². The minimum atomic E-state index is -3.80. The summed E-state index contributed by atoms with van der Waals surface area (Å²) in [5, 5.41) is 20.1. The SMILES string of the molecule is O=[N+]([O-])c1ccc(S(=O)(=O)N2C[C@@H]3CCCN4CCC[C@@H]([C@H]34)[C@H]2/C=C\CCO)cc1. The van der Waals surface area contributed by atoms with Crippen molar-refractivity contribution in [1.82, 2.24) is 9.21 Å². The quantitative estimate of drug-likeness (QED) is 0.418. The third-order valence-corrected chi connectivity index (χ3v) is 8.69. The number of hydrogen-bond acceptors (Lipinski definition) is 6. The summed E-state index contributed by atoms with van der Waals surface area (Å²) in [5.41, 5.74) is -0.123. The van der Waals surface area contributed by atoms with E-state index in [0.717, 1.165) is 38.8 Å². The first-order valence-electron chi connectivity index (χ1n) is 10.7. The molecule has 0 unspecified atom stereocenters. The third kappa shape index (κ3) is 3.91. The molecule has 1 aromatic rings. The van der Waals surface area contributed by atoms with Gasteiger partial charge >= 0.3 is 0 Å². The molecule has 3 saturated heterocycles. The van der Waals surface area contributed by atoms with Gasteiger partial charge in [-0.3, -0.25) is 15.0 Å². The second-order valence-electron chi connectivity index (χ2n) is 8.49. The van der Waals surface area contributed by atoms with Gasteiger partial charge in [0, 0.05) is 37.4 Å². The van der Waals surface area contributed by atoms with Crippen molar-refractivity contribution in [2.24, 2.45) is 11.8 Å². The van der Waals surface area contributed by atoms with Gasteiger partial charge in [-0.2, -0.15) is 4.31 Å². The maximum absolute atomic E-state index is 13.6. The summed E-state index contributed by atoms with van der Waals surface area (Å²) in [5.74, 6) is 0.528. The summed E-state index contributed by atoms with van der Waals surface area (Å²) in [6, 6.07) is 5.31. The number of non-ortho nitro benzene ring substituents is 1. The highest BCUT2D eigenvalue weighted by Gasteiger charge is 2.50. The first-order valence-corrected chi connectivity index (χ1v) is 12.2. The number of nitro groups is 1. The number of rotatable bonds is 6. The molecule has 8 nitrogen and oxygen atoms in total. The van der Waals surface area contributed by atoms with Crippen LogP contribution in [0.2, 0.25) is 0 Å². The van der Waals surface area contributed by atoms with E-state index in [1.54, 1.807) is 4.31 Å². The van der Waals surface area contributed by atoms with Crippen molar-refractivity contribution in [3.8, 4) is 0 Å². The third-order valence-electron chi connectivity index (χ3n) is 6.82. The van der Waals surface area contributed by atoms with E-state index >= 15 is 0 Å². The van der Waals surface area contributed by atoms with Crippen LogP contribution in [-0.2, 0) is 10.0 Å². The summed E-state index contributed by atoms with van der Waals surface area (Å²) < 4.78 is 28.8. The van der Waals surface area contributed by atoms with E-state index < -0.39 is 14.9 Å². The lowest BCUT2D eigenvalue weighted by molar-refractivity contribution is -0.384. The molecule has 9 heteroatoms. The Morgan fingerprint density at radius 3 is 2.53 bits per heavy atom. The summed E-state index contributed by atoms with van der Waals surface area (Å²) in [4.78, 5) is 13.1. The smallest absolute Gasteiger partial charge is 0.269 e. The molecule has 30 heavy (non-hydrogen) atoms. The molecule has 0 saturated carbocycles. The number of piperidine rings is 3. The van der Waals surface area contributed by atoms with Gasteiger partial charge in [0.1, 0.15) is 0 Å². The Kier molecular flexibility index (Phi) is 6.24. The van der Waals surface area contributed by atoms with Crippen molar-refractivity contribution in [3.05, 3.63) is 46.5 Å². The van der Waals surface area contributed by atoms with Gasteiger partial charge in [0.05, 0.1) is 9.82 Å². The van der Waals surface area contributed by atoms with Gasteiger partial charge in [0.15, 0.2) is 0 Å². The summed E-state index contributed by atoms with van der Waals surface area (Å²) >= 11 is 0. The number of sulfonamides is 1. The molecule has 164 valence electrons. The average molecular weight is 436 g/mol. The largest absolute Gasteiger partial charge is 0.396 e. The van der Waals surface area contributed by atoms with Crippen molar-refractivity contribution in [1.29, 1.82) is 0 Å². The monoisotopic (exact) mass is 435 g/mol. The van der Waals surface area contributed by atoms with Gasteiger partial charge in [-0.15, -0.1) is 0 Å². The lowest BCUT2D eigenvalue weighted by Gasteiger charge is -2.56. The Balaban J connectivity index is 1.70.